The number of carbonyl (C=O) groups excluding carboxylic acids is 1. The number of nitrogens with zero attached hydrogens (tertiary/aromatic N) is 1. The molecule has 0 spiro atoms. The number of aromatic nitrogens is 1. The van der Waals surface area contributed by atoms with Crippen molar-refractivity contribution in [1.29, 1.82) is 0 Å². The molecule has 1 heterocycles. The Hall–Kier alpha value is -1.27. The lowest BCUT2D eigenvalue weighted by atomic mass is 10.2. The summed E-state index contributed by atoms with van der Waals surface area (Å²) in [6.45, 7) is 1.20. The lowest BCUT2D eigenvalue weighted by molar-refractivity contribution is 0.101. The number of pyridine rings is 1. The number of Topliss-reactive ketones (excluding diaryl/α,β-unsaturated/α-hetero) is 1. The molecule has 0 aromatic carbocycles. The number of ketones is 1. The van der Waals surface area contributed by atoms with Gasteiger partial charge in [0.25, 0.3) is 0 Å². The first-order valence-electron chi connectivity index (χ1n) is 3.36. The molecule has 0 bridgehead atoms. The number of rotatable bonds is 2. The lowest BCUT2D eigenvalue weighted by Crippen LogP contribution is -2.08. The zero-order valence-electron chi connectivity index (χ0n) is 6.76. The third-order valence-electron chi connectivity index (χ3n) is 1.39. The fourth-order valence-corrected chi connectivity index (χ4v) is 1.55. The minimum Gasteiger partial charge on any atom is -0.294 e. The molecule has 1 aromatic heterocycles. The first-order valence-corrected chi connectivity index (χ1v) is 4.80. The number of carbonyl (C=O) groups is 1. The second-order valence-corrected chi connectivity index (χ2v) is 3.72. The monoisotopic (exact) mass is 201 g/mol. The van der Waals surface area contributed by atoms with Crippen LogP contribution in [0.1, 0.15) is 17.3 Å². The molecule has 70 valence electrons. The zero-order valence-corrected chi connectivity index (χ0v) is 7.58. The molecule has 0 amide bonds. The Balaban J connectivity index is 3.46. The molecule has 0 radical (unpaired) electrons. The quantitative estimate of drug-likeness (QED) is 0.557. The van der Waals surface area contributed by atoms with Crippen LogP contribution in [0, 0.1) is 0 Å². The molecule has 6 heteroatoms. The van der Waals surface area contributed by atoms with E-state index < -0.39 is 20.9 Å². The van der Waals surface area contributed by atoms with Crippen molar-refractivity contribution in [2.24, 2.45) is 0 Å². The Morgan fingerprint density at radius 2 is 2.15 bits per heavy atom. The van der Waals surface area contributed by atoms with E-state index in [1.54, 1.807) is 0 Å². The largest absolute Gasteiger partial charge is 0.312 e. The van der Waals surface area contributed by atoms with Crippen molar-refractivity contribution < 1.29 is 17.8 Å². The van der Waals surface area contributed by atoms with Gasteiger partial charge in [0.2, 0.25) is 0 Å². The van der Waals surface area contributed by atoms with Gasteiger partial charge < -0.3 is 0 Å². The second kappa shape index (κ2) is 3.23. The van der Waals surface area contributed by atoms with Gasteiger partial charge in [-0.2, -0.15) is 8.42 Å². The average molecular weight is 201 g/mol. The third-order valence-corrected chi connectivity index (χ3v) is 2.21. The molecule has 1 aromatic rings. The number of hydrogen-bond acceptors (Lipinski definition) is 4. The molecule has 0 fully saturated rings. The van der Waals surface area contributed by atoms with E-state index in [9.17, 15) is 13.2 Å². The van der Waals surface area contributed by atoms with Crippen molar-refractivity contribution in [3.05, 3.63) is 23.9 Å². The molecular formula is C7H7NO4S. The minimum absolute atomic E-state index is 0.106. The van der Waals surface area contributed by atoms with Crippen molar-refractivity contribution in [3.8, 4) is 0 Å². The summed E-state index contributed by atoms with van der Waals surface area (Å²) in [5, 5.41) is -0.595. The van der Waals surface area contributed by atoms with Gasteiger partial charge in [0.1, 0.15) is 0 Å². The summed E-state index contributed by atoms with van der Waals surface area (Å²) in [4.78, 5) is 14.3. The molecule has 0 atom stereocenters. The van der Waals surface area contributed by atoms with Crippen LogP contribution in [0.15, 0.2) is 23.4 Å². The molecule has 0 aliphatic rings. The summed E-state index contributed by atoms with van der Waals surface area (Å²) in [5.74, 6) is -0.458. The molecule has 0 saturated heterocycles. The SMILES string of the molecule is CC(=O)c1cccnc1S(=O)(=O)O. The highest BCUT2D eigenvalue weighted by Crippen LogP contribution is 2.11. The predicted molar refractivity (Wildman–Crippen MR) is 44.1 cm³/mol. The maximum Gasteiger partial charge on any atom is 0.312 e. The van der Waals surface area contributed by atoms with E-state index in [1.165, 1.54) is 25.3 Å². The van der Waals surface area contributed by atoms with Crippen LogP contribution in [0.4, 0.5) is 0 Å². The van der Waals surface area contributed by atoms with E-state index in [1.807, 2.05) is 0 Å². The first kappa shape index (κ1) is 9.82. The van der Waals surface area contributed by atoms with Gasteiger partial charge in [-0.15, -0.1) is 0 Å². The molecule has 0 aliphatic heterocycles. The first-order chi connectivity index (χ1) is 5.93. The van der Waals surface area contributed by atoms with Gasteiger partial charge >= 0.3 is 10.1 Å². The molecule has 0 aliphatic carbocycles. The Bertz CT molecular complexity index is 438. The van der Waals surface area contributed by atoms with Crippen molar-refractivity contribution in [1.82, 2.24) is 4.98 Å². The fraction of sp³-hybridized carbons (Fsp3) is 0.143. The Morgan fingerprint density at radius 3 is 2.54 bits per heavy atom. The maximum absolute atomic E-state index is 10.9. The smallest absolute Gasteiger partial charge is 0.294 e. The van der Waals surface area contributed by atoms with E-state index in [2.05, 4.69) is 4.98 Å². The predicted octanol–water partition coefficient (Wildman–Crippen LogP) is 0.531. The van der Waals surface area contributed by atoms with Gasteiger partial charge in [-0.25, -0.2) is 4.98 Å². The van der Waals surface area contributed by atoms with E-state index in [0.29, 0.717) is 0 Å². The summed E-state index contributed by atoms with van der Waals surface area (Å²) in [5.41, 5.74) is -0.106. The Labute approximate surface area is 75.2 Å². The van der Waals surface area contributed by atoms with Crippen LogP contribution in [-0.4, -0.2) is 23.7 Å². The highest BCUT2D eigenvalue weighted by Gasteiger charge is 2.18. The maximum atomic E-state index is 10.9. The molecule has 0 saturated carbocycles. The summed E-state index contributed by atoms with van der Waals surface area (Å²) in [6, 6.07) is 2.71. The van der Waals surface area contributed by atoms with Crippen LogP contribution in [-0.2, 0) is 10.1 Å². The van der Waals surface area contributed by atoms with Gasteiger partial charge in [0.05, 0.1) is 5.56 Å². The van der Waals surface area contributed by atoms with Gasteiger partial charge in [0.15, 0.2) is 10.8 Å². The lowest BCUT2D eigenvalue weighted by Gasteiger charge is -2.00. The third kappa shape index (κ3) is 2.10. The summed E-state index contributed by atoms with van der Waals surface area (Å²) >= 11 is 0. The van der Waals surface area contributed by atoms with E-state index in [-0.39, 0.29) is 5.56 Å². The summed E-state index contributed by atoms with van der Waals surface area (Å²) in [7, 11) is -4.41. The Morgan fingerprint density at radius 1 is 1.54 bits per heavy atom. The van der Waals surface area contributed by atoms with Gasteiger partial charge in [-0.05, 0) is 19.1 Å². The molecule has 1 rings (SSSR count). The highest BCUT2D eigenvalue weighted by molar-refractivity contribution is 7.85. The van der Waals surface area contributed by atoms with Crippen LogP contribution in [0.2, 0.25) is 0 Å². The minimum atomic E-state index is -4.41. The summed E-state index contributed by atoms with van der Waals surface area (Å²) < 4.78 is 30.1. The normalized spacial score (nSPS) is 11.2. The van der Waals surface area contributed by atoms with Crippen molar-refractivity contribution in [2.75, 3.05) is 0 Å². The van der Waals surface area contributed by atoms with Crippen LogP contribution >= 0.6 is 0 Å². The molecular weight excluding hydrogens is 194 g/mol. The van der Waals surface area contributed by atoms with Crippen molar-refractivity contribution >= 4 is 15.9 Å². The van der Waals surface area contributed by atoms with Crippen LogP contribution in [0.3, 0.4) is 0 Å². The molecule has 1 N–H and O–H groups in total. The van der Waals surface area contributed by atoms with Gasteiger partial charge in [0, 0.05) is 6.20 Å². The zero-order chi connectivity index (χ0) is 10.1. The van der Waals surface area contributed by atoms with E-state index in [0.717, 1.165) is 0 Å². The topological polar surface area (TPSA) is 84.3 Å². The van der Waals surface area contributed by atoms with Gasteiger partial charge in [-0.1, -0.05) is 0 Å². The fourth-order valence-electron chi connectivity index (χ4n) is 0.864. The van der Waals surface area contributed by atoms with Crippen LogP contribution in [0.5, 0.6) is 0 Å². The second-order valence-electron chi connectivity index (χ2n) is 2.39. The summed E-state index contributed by atoms with van der Waals surface area (Å²) in [6.07, 6.45) is 1.19. The van der Waals surface area contributed by atoms with E-state index >= 15 is 0 Å². The molecule has 0 unspecified atom stereocenters. The molecule has 5 nitrogen and oxygen atoms in total. The van der Waals surface area contributed by atoms with Crippen LogP contribution < -0.4 is 0 Å². The average Bonchev–Trinajstić information content (AvgIpc) is 2.03. The number of hydrogen-bond donors (Lipinski definition) is 1. The van der Waals surface area contributed by atoms with Crippen molar-refractivity contribution in [3.63, 3.8) is 0 Å². The van der Waals surface area contributed by atoms with Gasteiger partial charge in [-0.3, -0.25) is 9.35 Å². The van der Waals surface area contributed by atoms with Crippen molar-refractivity contribution in [2.45, 2.75) is 11.9 Å². The highest BCUT2D eigenvalue weighted by atomic mass is 32.2. The van der Waals surface area contributed by atoms with Crippen LogP contribution in [0.25, 0.3) is 0 Å². The van der Waals surface area contributed by atoms with E-state index in [4.69, 9.17) is 4.55 Å². The Kier molecular flexibility index (Phi) is 2.44. The standard InChI is InChI=1S/C7H7NO4S/c1-5(9)6-3-2-4-8-7(6)13(10,11)12/h2-4H,1H3,(H,10,11,12). The molecule has 13 heavy (non-hydrogen) atoms.